The number of hydrogen-bond donors (Lipinski definition) is 0. The summed E-state index contributed by atoms with van der Waals surface area (Å²) < 4.78 is 10.3. The normalized spacial score (nSPS) is 13.1. The minimum absolute atomic E-state index is 0.0158. The third kappa shape index (κ3) is 4.85. The van der Waals surface area contributed by atoms with Crippen LogP contribution in [-0.2, 0) is 16.1 Å². The maximum atomic E-state index is 13.0. The van der Waals surface area contributed by atoms with Crippen LogP contribution in [0.25, 0.3) is 0 Å². The minimum atomic E-state index is -0.423. The largest absolute Gasteiger partial charge is 0.482 e. The average molecular weight is 353 g/mol. The fourth-order valence-electron chi connectivity index (χ4n) is 2.76. The molecule has 1 aliphatic carbocycles. The summed E-state index contributed by atoms with van der Waals surface area (Å²) in [4.78, 5) is 26.3. The molecule has 1 aliphatic rings. The molecule has 2 aromatic rings. The van der Waals surface area contributed by atoms with Gasteiger partial charge in [-0.25, -0.2) is 4.79 Å². The highest BCUT2D eigenvalue weighted by atomic mass is 16.6. The highest BCUT2D eigenvalue weighted by molar-refractivity contribution is 5.95. The summed E-state index contributed by atoms with van der Waals surface area (Å²) in [5.74, 6) is 0.0465. The van der Waals surface area contributed by atoms with Gasteiger partial charge >= 0.3 is 5.97 Å². The number of esters is 1. The first-order chi connectivity index (χ1) is 12.7. The second kappa shape index (κ2) is 8.52. The Bertz CT molecular complexity index is 756. The van der Waals surface area contributed by atoms with Gasteiger partial charge in [-0.2, -0.15) is 0 Å². The van der Waals surface area contributed by atoms with Crippen molar-refractivity contribution in [1.29, 1.82) is 0 Å². The standard InChI is InChI=1S/C21H23NO4/c1-2-25-20(23)15-26-19-10-6-9-17(13-19)21(24)22(18-11-12-18)14-16-7-4-3-5-8-16/h3-10,13,18H,2,11-12,14-15H2,1H3. The summed E-state index contributed by atoms with van der Waals surface area (Å²) in [7, 11) is 0. The Hall–Kier alpha value is -2.82. The quantitative estimate of drug-likeness (QED) is 0.682. The molecule has 2 aromatic carbocycles. The Kier molecular flexibility index (Phi) is 5.89. The van der Waals surface area contributed by atoms with Gasteiger partial charge < -0.3 is 14.4 Å². The molecule has 1 amide bonds. The molecule has 0 heterocycles. The lowest BCUT2D eigenvalue weighted by molar-refractivity contribution is -0.145. The van der Waals surface area contributed by atoms with Gasteiger partial charge in [-0.15, -0.1) is 0 Å². The first-order valence-electron chi connectivity index (χ1n) is 8.90. The monoisotopic (exact) mass is 353 g/mol. The van der Waals surface area contributed by atoms with Crippen LogP contribution in [0, 0.1) is 0 Å². The molecule has 0 bridgehead atoms. The lowest BCUT2D eigenvalue weighted by Crippen LogP contribution is -2.32. The minimum Gasteiger partial charge on any atom is -0.482 e. The molecule has 5 nitrogen and oxygen atoms in total. The maximum Gasteiger partial charge on any atom is 0.344 e. The first-order valence-corrected chi connectivity index (χ1v) is 8.90. The van der Waals surface area contributed by atoms with Gasteiger partial charge in [-0.05, 0) is 43.5 Å². The van der Waals surface area contributed by atoms with E-state index in [4.69, 9.17) is 9.47 Å². The predicted octanol–water partition coefficient (Wildman–Crippen LogP) is 3.43. The summed E-state index contributed by atoms with van der Waals surface area (Å²) in [5.41, 5.74) is 1.68. The van der Waals surface area contributed by atoms with E-state index >= 15 is 0 Å². The van der Waals surface area contributed by atoms with Gasteiger partial charge in [0.05, 0.1) is 6.61 Å². The van der Waals surface area contributed by atoms with Crippen LogP contribution >= 0.6 is 0 Å². The molecule has 0 aromatic heterocycles. The summed E-state index contributed by atoms with van der Waals surface area (Å²) in [6.07, 6.45) is 2.08. The molecule has 1 fully saturated rings. The topological polar surface area (TPSA) is 55.8 Å². The number of hydrogen-bond acceptors (Lipinski definition) is 4. The number of rotatable bonds is 8. The van der Waals surface area contributed by atoms with Gasteiger partial charge in [0.1, 0.15) is 5.75 Å². The van der Waals surface area contributed by atoms with Crippen LogP contribution in [0.4, 0.5) is 0 Å². The Morgan fingerprint density at radius 1 is 1.08 bits per heavy atom. The van der Waals surface area contributed by atoms with Crippen molar-refractivity contribution >= 4 is 11.9 Å². The molecule has 0 radical (unpaired) electrons. The molecular weight excluding hydrogens is 330 g/mol. The summed E-state index contributed by atoms with van der Waals surface area (Å²) >= 11 is 0. The summed E-state index contributed by atoms with van der Waals surface area (Å²) in [5, 5.41) is 0. The van der Waals surface area contributed by atoms with E-state index in [0.29, 0.717) is 30.5 Å². The molecule has 5 heteroatoms. The van der Waals surface area contributed by atoms with E-state index in [1.165, 1.54) is 0 Å². The summed E-state index contributed by atoms with van der Waals surface area (Å²) in [6.45, 7) is 2.49. The van der Waals surface area contributed by atoms with Crippen molar-refractivity contribution in [2.45, 2.75) is 32.4 Å². The third-order valence-electron chi connectivity index (χ3n) is 4.19. The third-order valence-corrected chi connectivity index (χ3v) is 4.19. The van der Waals surface area contributed by atoms with Crippen molar-refractivity contribution in [3.63, 3.8) is 0 Å². The van der Waals surface area contributed by atoms with Gasteiger partial charge in [-0.1, -0.05) is 36.4 Å². The van der Waals surface area contributed by atoms with Crippen molar-refractivity contribution in [2.75, 3.05) is 13.2 Å². The second-order valence-corrected chi connectivity index (χ2v) is 6.27. The van der Waals surface area contributed by atoms with E-state index in [0.717, 1.165) is 18.4 Å². The molecule has 0 spiro atoms. The van der Waals surface area contributed by atoms with E-state index in [9.17, 15) is 9.59 Å². The van der Waals surface area contributed by atoms with E-state index < -0.39 is 5.97 Å². The van der Waals surface area contributed by atoms with Crippen LogP contribution < -0.4 is 4.74 Å². The Morgan fingerprint density at radius 2 is 1.85 bits per heavy atom. The van der Waals surface area contributed by atoms with Crippen molar-refractivity contribution < 1.29 is 19.1 Å². The molecule has 0 aliphatic heterocycles. The Morgan fingerprint density at radius 3 is 2.54 bits per heavy atom. The Balaban J connectivity index is 1.69. The zero-order valence-corrected chi connectivity index (χ0v) is 14.9. The highest BCUT2D eigenvalue weighted by Gasteiger charge is 2.33. The highest BCUT2D eigenvalue weighted by Crippen LogP contribution is 2.30. The number of benzene rings is 2. The van der Waals surface area contributed by atoms with Crippen LogP contribution in [0.15, 0.2) is 54.6 Å². The predicted molar refractivity (Wildman–Crippen MR) is 97.9 cm³/mol. The Labute approximate surface area is 153 Å². The number of carbonyl (C=O) groups excluding carboxylic acids is 2. The van der Waals surface area contributed by atoms with Crippen LogP contribution in [-0.4, -0.2) is 36.0 Å². The van der Waals surface area contributed by atoms with E-state index in [2.05, 4.69) is 0 Å². The number of ether oxygens (including phenoxy) is 2. The molecule has 0 atom stereocenters. The molecule has 0 unspecified atom stereocenters. The summed E-state index contributed by atoms with van der Waals surface area (Å²) in [6, 6.07) is 17.2. The lowest BCUT2D eigenvalue weighted by atomic mass is 10.1. The number of carbonyl (C=O) groups is 2. The van der Waals surface area contributed by atoms with Gasteiger partial charge in [0.25, 0.3) is 5.91 Å². The van der Waals surface area contributed by atoms with Crippen LogP contribution in [0.3, 0.4) is 0 Å². The van der Waals surface area contributed by atoms with Crippen LogP contribution in [0.2, 0.25) is 0 Å². The number of nitrogens with zero attached hydrogens (tertiary/aromatic N) is 1. The molecule has 1 saturated carbocycles. The smallest absolute Gasteiger partial charge is 0.344 e. The molecule has 136 valence electrons. The number of amides is 1. The van der Waals surface area contributed by atoms with E-state index in [-0.39, 0.29) is 12.5 Å². The van der Waals surface area contributed by atoms with E-state index in [1.807, 2.05) is 35.2 Å². The fraction of sp³-hybridized carbons (Fsp3) is 0.333. The van der Waals surface area contributed by atoms with E-state index in [1.54, 1.807) is 31.2 Å². The van der Waals surface area contributed by atoms with Crippen molar-refractivity contribution in [3.05, 3.63) is 65.7 Å². The molecule has 0 saturated heterocycles. The lowest BCUT2D eigenvalue weighted by Gasteiger charge is -2.23. The van der Waals surface area contributed by atoms with Crippen molar-refractivity contribution in [1.82, 2.24) is 4.90 Å². The zero-order valence-electron chi connectivity index (χ0n) is 14.9. The molecule has 26 heavy (non-hydrogen) atoms. The zero-order chi connectivity index (χ0) is 18.4. The van der Waals surface area contributed by atoms with Gasteiger partial charge in [-0.3, -0.25) is 4.79 Å². The second-order valence-electron chi connectivity index (χ2n) is 6.27. The van der Waals surface area contributed by atoms with Crippen molar-refractivity contribution in [2.24, 2.45) is 0 Å². The molecule has 3 rings (SSSR count). The van der Waals surface area contributed by atoms with Crippen molar-refractivity contribution in [3.8, 4) is 5.75 Å². The van der Waals surface area contributed by atoms with Gasteiger partial charge in [0, 0.05) is 18.2 Å². The fourth-order valence-corrected chi connectivity index (χ4v) is 2.76. The molecule has 0 N–H and O–H groups in total. The van der Waals surface area contributed by atoms with Crippen LogP contribution in [0.1, 0.15) is 35.7 Å². The average Bonchev–Trinajstić information content (AvgIpc) is 3.50. The first kappa shape index (κ1) is 18.0. The SMILES string of the molecule is CCOC(=O)COc1cccc(C(=O)N(Cc2ccccc2)C2CC2)c1. The van der Waals surface area contributed by atoms with Crippen LogP contribution in [0.5, 0.6) is 5.75 Å². The maximum absolute atomic E-state index is 13.0. The van der Waals surface area contributed by atoms with Gasteiger partial charge in [0.2, 0.25) is 0 Å². The molecular formula is C21H23NO4. The van der Waals surface area contributed by atoms with Gasteiger partial charge in [0.15, 0.2) is 6.61 Å².